The zero-order valence-electron chi connectivity index (χ0n) is 11.3. The summed E-state index contributed by atoms with van der Waals surface area (Å²) >= 11 is 0. The van der Waals surface area contributed by atoms with E-state index < -0.39 is 0 Å². The summed E-state index contributed by atoms with van der Waals surface area (Å²) in [6, 6.07) is 14.5. The number of phenols is 1. The number of nitrogens with one attached hydrogen (secondary N) is 1. The topological polar surface area (TPSA) is 58.6 Å². The van der Waals surface area contributed by atoms with Gasteiger partial charge in [-0.15, -0.1) is 0 Å². The summed E-state index contributed by atoms with van der Waals surface area (Å²) < 4.78 is 4.94. The second-order valence-electron chi connectivity index (χ2n) is 4.40. The number of methoxy groups -OCH3 is 1. The van der Waals surface area contributed by atoms with Crippen LogP contribution >= 0.6 is 0 Å². The molecule has 0 aliphatic carbocycles. The Bertz CT molecular complexity index is 582. The Kier molecular flexibility index (Phi) is 4.74. The summed E-state index contributed by atoms with van der Waals surface area (Å²) in [5, 5.41) is 12.7. The first-order valence-corrected chi connectivity index (χ1v) is 6.35. The molecule has 0 bridgehead atoms. The molecule has 0 fully saturated rings. The number of phenolic OH excluding ortho intramolecular Hbond substituents is 1. The van der Waals surface area contributed by atoms with E-state index in [0.717, 1.165) is 5.56 Å². The predicted molar refractivity (Wildman–Crippen MR) is 77.1 cm³/mol. The summed E-state index contributed by atoms with van der Waals surface area (Å²) in [5.41, 5.74) is 1.58. The molecular weight excluding hydrogens is 254 g/mol. The molecule has 2 N–H and O–H groups in total. The van der Waals surface area contributed by atoms with E-state index >= 15 is 0 Å². The van der Waals surface area contributed by atoms with Crippen LogP contribution in [0.4, 0.5) is 0 Å². The van der Waals surface area contributed by atoms with Gasteiger partial charge in [0.15, 0.2) is 17.3 Å². The molecule has 4 nitrogen and oxygen atoms in total. The van der Waals surface area contributed by atoms with Crippen molar-refractivity contribution >= 4 is 5.78 Å². The van der Waals surface area contributed by atoms with Crippen LogP contribution in [0.5, 0.6) is 11.5 Å². The smallest absolute Gasteiger partial charge is 0.176 e. The van der Waals surface area contributed by atoms with Crippen LogP contribution in [-0.4, -0.2) is 24.5 Å². The number of hydrogen-bond acceptors (Lipinski definition) is 4. The Morgan fingerprint density at radius 3 is 2.60 bits per heavy atom. The van der Waals surface area contributed by atoms with Crippen molar-refractivity contribution in [2.24, 2.45) is 0 Å². The van der Waals surface area contributed by atoms with Crippen molar-refractivity contribution in [2.75, 3.05) is 13.7 Å². The van der Waals surface area contributed by atoms with Crippen LogP contribution in [-0.2, 0) is 6.54 Å². The molecule has 0 aromatic heterocycles. The van der Waals surface area contributed by atoms with E-state index in [0.29, 0.717) is 17.9 Å². The molecule has 0 spiro atoms. The zero-order chi connectivity index (χ0) is 14.4. The number of carbonyl (C=O) groups is 1. The van der Waals surface area contributed by atoms with Crippen molar-refractivity contribution in [3.05, 3.63) is 59.7 Å². The first-order valence-electron chi connectivity index (χ1n) is 6.35. The van der Waals surface area contributed by atoms with Crippen molar-refractivity contribution < 1.29 is 14.6 Å². The number of benzene rings is 2. The van der Waals surface area contributed by atoms with Gasteiger partial charge in [0.1, 0.15) is 0 Å². The van der Waals surface area contributed by atoms with Crippen LogP contribution in [0.3, 0.4) is 0 Å². The van der Waals surface area contributed by atoms with Gasteiger partial charge in [0.05, 0.1) is 13.7 Å². The molecule has 0 saturated carbocycles. The fourth-order valence-corrected chi connectivity index (χ4v) is 1.88. The van der Waals surface area contributed by atoms with Gasteiger partial charge in [-0.25, -0.2) is 0 Å². The number of hydrogen-bond donors (Lipinski definition) is 2. The van der Waals surface area contributed by atoms with E-state index in [4.69, 9.17) is 4.74 Å². The normalized spacial score (nSPS) is 10.2. The molecule has 0 aliphatic rings. The third-order valence-corrected chi connectivity index (χ3v) is 2.96. The monoisotopic (exact) mass is 271 g/mol. The number of ketones is 1. The molecule has 20 heavy (non-hydrogen) atoms. The molecule has 0 aliphatic heterocycles. The van der Waals surface area contributed by atoms with Crippen molar-refractivity contribution in [2.45, 2.75) is 6.54 Å². The average molecular weight is 271 g/mol. The van der Waals surface area contributed by atoms with Gasteiger partial charge in [-0.1, -0.05) is 30.3 Å². The highest BCUT2D eigenvalue weighted by molar-refractivity contribution is 5.98. The lowest BCUT2D eigenvalue weighted by Crippen LogP contribution is -2.22. The minimum absolute atomic E-state index is 0.0265. The molecule has 0 unspecified atom stereocenters. The van der Waals surface area contributed by atoms with Gasteiger partial charge in [-0.2, -0.15) is 0 Å². The van der Waals surface area contributed by atoms with Crippen molar-refractivity contribution in [1.82, 2.24) is 5.32 Å². The lowest BCUT2D eigenvalue weighted by Gasteiger charge is -2.07. The van der Waals surface area contributed by atoms with Crippen LogP contribution < -0.4 is 10.1 Å². The quantitative estimate of drug-likeness (QED) is 0.792. The van der Waals surface area contributed by atoms with Crippen molar-refractivity contribution in [1.29, 1.82) is 0 Å². The minimum atomic E-state index is -0.0705. The zero-order valence-corrected chi connectivity index (χ0v) is 11.3. The lowest BCUT2D eigenvalue weighted by molar-refractivity contribution is 0.0990. The van der Waals surface area contributed by atoms with Crippen molar-refractivity contribution in [3.8, 4) is 11.5 Å². The summed E-state index contributed by atoms with van der Waals surface area (Å²) in [5.74, 6) is 0.263. The molecule has 104 valence electrons. The average Bonchev–Trinajstić information content (AvgIpc) is 2.48. The molecule has 2 aromatic rings. The number of ether oxygens (including phenoxy) is 1. The van der Waals surface area contributed by atoms with Crippen LogP contribution in [0.25, 0.3) is 0 Å². The maximum atomic E-state index is 12.0. The van der Waals surface area contributed by atoms with Crippen LogP contribution in [0.15, 0.2) is 48.5 Å². The van der Waals surface area contributed by atoms with Gasteiger partial charge < -0.3 is 15.2 Å². The molecule has 0 heterocycles. The highest BCUT2D eigenvalue weighted by Gasteiger charge is 2.09. The van der Waals surface area contributed by atoms with Gasteiger partial charge in [-0.05, 0) is 23.8 Å². The van der Waals surface area contributed by atoms with E-state index in [9.17, 15) is 9.90 Å². The van der Waals surface area contributed by atoms with Gasteiger partial charge in [0.25, 0.3) is 0 Å². The predicted octanol–water partition coefficient (Wildman–Crippen LogP) is 2.37. The Morgan fingerprint density at radius 1 is 1.20 bits per heavy atom. The summed E-state index contributed by atoms with van der Waals surface area (Å²) in [6.07, 6.45) is 0. The van der Waals surface area contributed by atoms with Crippen LogP contribution in [0, 0.1) is 0 Å². The largest absolute Gasteiger partial charge is 0.504 e. The second kappa shape index (κ2) is 6.73. The van der Waals surface area contributed by atoms with Gasteiger partial charge >= 0.3 is 0 Å². The van der Waals surface area contributed by atoms with E-state index in [1.54, 1.807) is 12.1 Å². The molecule has 0 saturated heterocycles. The van der Waals surface area contributed by atoms with Crippen LogP contribution in [0.1, 0.15) is 15.9 Å². The van der Waals surface area contributed by atoms with E-state index in [1.807, 2.05) is 30.3 Å². The van der Waals surface area contributed by atoms with Gasteiger partial charge in [0.2, 0.25) is 0 Å². The Balaban J connectivity index is 1.90. The Hall–Kier alpha value is -2.33. The van der Waals surface area contributed by atoms with E-state index in [2.05, 4.69) is 5.32 Å². The minimum Gasteiger partial charge on any atom is -0.504 e. The van der Waals surface area contributed by atoms with Gasteiger partial charge in [0, 0.05) is 12.1 Å². The lowest BCUT2D eigenvalue weighted by atomic mass is 10.1. The first kappa shape index (κ1) is 14.1. The maximum Gasteiger partial charge on any atom is 0.176 e. The Morgan fingerprint density at radius 2 is 1.95 bits per heavy atom. The van der Waals surface area contributed by atoms with E-state index in [1.165, 1.54) is 13.2 Å². The summed E-state index contributed by atoms with van der Waals surface area (Å²) in [7, 11) is 1.47. The third kappa shape index (κ3) is 3.59. The molecule has 0 amide bonds. The maximum absolute atomic E-state index is 12.0. The number of rotatable bonds is 6. The number of Topliss-reactive ketones (excluding diaryl/α,β-unsaturated/α-hetero) is 1. The fraction of sp³-hybridized carbons (Fsp3) is 0.188. The fourth-order valence-electron chi connectivity index (χ4n) is 1.88. The first-order chi connectivity index (χ1) is 9.70. The SMILES string of the molecule is COc1ccc(C(=O)CNCc2ccccc2)cc1O. The Labute approximate surface area is 118 Å². The second-order valence-corrected chi connectivity index (χ2v) is 4.40. The molecule has 2 aromatic carbocycles. The summed E-state index contributed by atoms with van der Waals surface area (Å²) in [4.78, 5) is 12.0. The van der Waals surface area contributed by atoms with Crippen molar-refractivity contribution in [3.63, 3.8) is 0 Å². The number of carbonyl (C=O) groups excluding carboxylic acids is 1. The summed E-state index contributed by atoms with van der Waals surface area (Å²) in [6.45, 7) is 0.857. The van der Waals surface area contributed by atoms with Gasteiger partial charge in [-0.3, -0.25) is 4.79 Å². The highest BCUT2D eigenvalue weighted by atomic mass is 16.5. The molecule has 0 atom stereocenters. The molecule has 0 radical (unpaired) electrons. The highest BCUT2D eigenvalue weighted by Crippen LogP contribution is 2.26. The van der Waals surface area contributed by atoms with Crippen LogP contribution in [0.2, 0.25) is 0 Å². The standard InChI is InChI=1S/C16H17NO3/c1-20-16-8-7-13(9-14(16)18)15(19)11-17-10-12-5-3-2-4-6-12/h2-9,17-18H,10-11H2,1H3. The third-order valence-electron chi connectivity index (χ3n) is 2.96. The molecule has 2 rings (SSSR count). The molecule has 4 heteroatoms. The van der Waals surface area contributed by atoms with E-state index in [-0.39, 0.29) is 18.1 Å². The number of aromatic hydroxyl groups is 1. The molecular formula is C16H17NO3.